The fraction of sp³-hybridized carbons (Fsp3) is 1.00. The van der Waals surface area contributed by atoms with Crippen LogP contribution in [0.5, 0.6) is 0 Å². The largest absolute Gasteiger partial charge is 0.394 e. The van der Waals surface area contributed by atoms with Crippen molar-refractivity contribution >= 4 is 0 Å². The quantitative estimate of drug-likeness (QED) is 0.709. The molecule has 0 aromatic carbocycles. The number of nitrogens with two attached hydrogens (primary N) is 1. The highest BCUT2D eigenvalue weighted by atomic mass is 16.5. The molecule has 15 heavy (non-hydrogen) atoms. The molecule has 0 aliphatic heterocycles. The Morgan fingerprint density at radius 3 is 2.53 bits per heavy atom. The van der Waals surface area contributed by atoms with E-state index in [1.165, 1.54) is 32.1 Å². The topological polar surface area (TPSA) is 55.5 Å². The van der Waals surface area contributed by atoms with E-state index in [1.807, 2.05) is 0 Å². The molecule has 0 aromatic heterocycles. The first kappa shape index (κ1) is 12.9. The van der Waals surface area contributed by atoms with Gasteiger partial charge in [-0.25, -0.2) is 0 Å². The van der Waals surface area contributed by atoms with Crippen LogP contribution in [0.15, 0.2) is 0 Å². The Bertz CT molecular complexity index is 169. The molecule has 1 saturated carbocycles. The molecule has 1 fully saturated rings. The van der Waals surface area contributed by atoms with E-state index in [4.69, 9.17) is 15.6 Å². The van der Waals surface area contributed by atoms with E-state index in [1.54, 1.807) is 0 Å². The molecule has 0 radical (unpaired) electrons. The van der Waals surface area contributed by atoms with Gasteiger partial charge in [-0.3, -0.25) is 0 Å². The molecule has 1 atom stereocenters. The Hall–Kier alpha value is -0.120. The SMILES string of the molecule is CC(CN)(CC1CCCCC1)OCCO. The number of hydrogen-bond donors (Lipinski definition) is 2. The van der Waals surface area contributed by atoms with E-state index in [0.29, 0.717) is 13.2 Å². The highest BCUT2D eigenvalue weighted by molar-refractivity contribution is 4.81. The Labute approximate surface area is 93.0 Å². The van der Waals surface area contributed by atoms with Crippen LogP contribution in [0.2, 0.25) is 0 Å². The standard InChI is InChI=1S/C12H25NO2/c1-12(10-13,15-8-7-14)9-11-5-3-2-4-6-11/h11,14H,2-10,13H2,1H3. The maximum absolute atomic E-state index is 8.77. The molecule has 1 rings (SSSR count). The molecule has 3 nitrogen and oxygen atoms in total. The molecule has 1 aliphatic rings. The Kier molecular flexibility index (Phi) is 5.58. The average molecular weight is 215 g/mol. The van der Waals surface area contributed by atoms with Crippen LogP contribution in [0, 0.1) is 5.92 Å². The molecule has 1 unspecified atom stereocenters. The molecular weight excluding hydrogens is 190 g/mol. The van der Waals surface area contributed by atoms with Gasteiger partial charge in [0.2, 0.25) is 0 Å². The van der Waals surface area contributed by atoms with E-state index in [-0.39, 0.29) is 12.2 Å². The lowest BCUT2D eigenvalue weighted by atomic mass is 9.81. The molecule has 0 spiro atoms. The Morgan fingerprint density at radius 2 is 2.00 bits per heavy atom. The van der Waals surface area contributed by atoms with Crippen molar-refractivity contribution in [3.63, 3.8) is 0 Å². The van der Waals surface area contributed by atoms with Crippen LogP contribution in [0.4, 0.5) is 0 Å². The number of aliphatic hydroxyl groups excluding tert-OH is 1. The summed E-state index contributed by atoms with van der Waals surface area (Å²) < 4.78 is 5.66. The summed E-state index contributed by atoms with van der Waals surface area (Å²) >= 11 is 0. The van der Waals surface area contributed by atoms with Crippen molar-refractivity contribution in [2.24, 2.45) is 11.7 Å². The van der Waals surface area contributed by atoms with Crippen molar-refractivity contribution in [3.05, 3.63) is 0 Å². The van der Waals surface area contributed by atoms with Crippen LogP contribution in [0.1, 0.15) is 45.4 Å². The molecule has 0 amide bonds. The van der Waals surface area contributed by atoms with Gasteiger partial charge in [-0.15, -0.1) is 0 Å². The fourth-order valence-corrected chi connectivity index (χ4v) is 2.50. The van der Waals surface area contributed by atoms with Crippen LogP contribution in [0.3, 0.4) is 0 Å². The van der Waals surface area contributed by atoms with Crippen LogP contribution in [0.25, 0.3) is 0 Å². The van der Waals surface area contributed by atoms with E-state index < -0.39 is 0 Å². The second-order valence-electron chi connectivity index (χ2n) is 4.93. The number of aliphatic hydroxyl groups is 1. The summed E-state index contributed by atoms with van der Waals surface area (Å²) in [6.45, 7) is 3.10. The summed E-state index contributed by atoms with van der Waals surface area (Å²) in [5.74, 6) is 0.769. The van der Waals surface area contributed by atoms with E-state index in [2.05, 4.69) is 6.92 Å². The third-order valence-electron chi connectivity index (χ3n) is 3.42. The zero-order valence-corrected chi connectivity index (χ0v) is 9.87. The summed E-state index contributed by atoms with van der Waals surface area (Å²) in [6, 6.07) is 0. The first-order valence-corrected chi connectivity index (χ1v) is 6.15. The summed E-state index contributed by atoms with van der Waals surface area (Å²) in [5, 5.41) is 8.77. The molecule has 0 heterocycles. The average Bonchev–Trinajstić information content (AvgIpc) is 2.28. The minimum Gasteiger partial charge on any atom is -0.394 e. The monoisotopic (exact) mass is 215 g/mol. The second-order valence-corrected chi connectivity index (χ2v) is 4.93. The molecule has 0 saturated heterocycles. The van der Waals surface area contributed by atoms with Gasteiger partial charge in [0.15, 0.2) is 0 Å². The normalized spacial score (nSPS) is 22.6. The number of ether oxygens (including phenoxy) is 1. The molecule has 90 valence electrons. The highest BCUT2D eigenvalue weighted by Gasteiger charge is 2.28. The van der Waals surface area contributed by atoms with Gasteiger partial charge >= 0.3 is 0 Å². The van der Waals surface area contributed by atoms with Crippen LogP contribution >= 0.6 is 0 Å². The van der Waals surface area contributed by atoms with E-state index in [0.717, 1.165) is 12.3 Å². The predicted octanol–water partition coefficient (Wildman–Crippen LogP) is 1.68. The van der Waals surface area contributed by atoms with Gasteiger partial charge in [0.1, 0.15) is 0 Å². The zero-order chi connectivity index (χ0) is 11.1. The molecular formula is C12H25NO2. The molecule has 0 bridgehead atoms. The van der Waals surface area contributed by atoms with E-state index >= 15 is 0 Å². The maximum atomic E-state index is 8.77. The molecule has 3 N–H and O–H groups in total. The Balaban J connectivity index is 2.35. The fourth-order valence-electron chi connectivity index (χ4n) is 2.50. The number of hydrogen-bond acceptors (Lipinski definition) is 3. The highest BCUT2D eigenvalue weighted by Crippen LogP contribution is 2.31. The Morgan fingerprint density at radius 1 is 1.33 bits per heavy atom. The van der Waals surface area contributed by atoms with Crippen molar-refractivity contribution in [2.75, 3.05) is 19.8 Å². The third-order valence-corrected chi connectivity index (χ3v) is 3.42. The predicted molar refractivity (Wildman–Crippen MR) is 61.7 cm³/mol. The lowest BCUT2D eigenvalue weighted by Crippen LogP contribution is -2.40. The summed E-state index contributed by atoms with van der Waals surface area (Å²) in [4.78, 5) is 0. The summed E-state index contributed by atoms with van der Waals surface area (Å²) in [5.41, 5.74) is 5.53. The van der Waals surface area contributed by atoms with Gasteiger partial charge in [-0.05, 0) is 19.3 Å². The lowest BCUT2D eigenvalue weighted by Gasteiger charge is -2.34. The summed E-state index contributed by atoms with van der Waals surface area (Å²) in [6.07, 6.45) is 7.77. The van der Waals surface area contributed by atoms with Gasteiger partial charge in [-0.1, -0.05) is 32.1 Å². The van der Waals surface area contributed by atoms with Crippen molar-refractivity contribution in [1.29, 1.82) is 0 Å². The lowest BCUT2D eigenvalue weighted by molar-refractivity contribution is -0.0563. The minimum atomic E-state index is -0.231. The zero-order valence-electron chi connectivity index (χ0n) is 9.87. The van der Waals surface area contributed by atoms with Gasteiger partial charge < -0.3 is 15.6 Å². The van der Waals surface area contributed by atoms with Gasteiger partial charge in [0.25, 0.3) is 0 Å². The molecule has 0 aromatic rings. The maximum Gasteiger partial charge on any atom is 0.0779 e. The van der Waals surface area contributed by atoms with Crippen LogP contribution < -0.4 is 5.73 Å². The second kappa shape index (κ2) is 6.46. The summed E-state index contributed by atoms with van der Waals surface area (Å²) in [7, 11) is 0. The van der Waals surface area contributed by atoms with Gasteiger partial charge in [0.05, 0.1) is 18.8 Å². The van der Waals surface area contributed by atoms with Crippen LogP contribution in [-0.2, 0) is 4.74 Å². The van der Waals surface area contributed by atoms with Crippen LogP contribution in [-0.4, -0.2) is 30.5 Å². The minimum absolute atomic E-state index is 0.0836. The molecule has 3 heteroatoms. The van der Waals surface area contributed by atoms with Crippen molar-refractivity contribution in [2.45, 2.75) is 51.0 Å². The van der Waals surface area contributed by atoms with Crippen molar-refractivity contribution in [3.8, 4) is 0 Å². The first-order valence-electron chi connectivity index (χ1n) is 6.15. The molecule has 1 aliphatic carbocycles. The van der Waals surface area contributed by atoms with Crippen molar-refractivity contribution < 1.29 is 9.84 Å². The smallest absolute Gasteiger partial charge is 0.0779 e. The first-order chi connectivity index (χ1) is 7.20. The van der Waals surface area contributed by atoms with Crippen molar-refractivity contribution in [1.82, 2.24) is 0 Å². The number of rotatable bonds is 6. The van der Waals surface area contributed by atoms with E-state index in [9.17, 15) is 0 Å². The third kappa shape index (κ3) is 4.49. The van der Waals surface area contributed by atoms with Gasteiger partial charge in [-0.2, -0.15) is 0 Å². The van der Waals surface area contributed by atoms with Gasteiger partial charge in [0, 0.05) is 6.54 Å².